The summed E-state index contributed by atoms with van der Waals surface area (Å²) in [7, 11) is 0. The lowest BCUT2D eigenvalue weighted by Crippen LogP contribution is -2.27. The van der Waals surface area contributed by atoms with Crippen molar-refractivity contribution >= 4 is 0 Å². The summed E-state index contributed by atoms with van der Waals surface area (Å²) >= 11 is 0. The topological polar surface area (TPSA) is 53.6 Å². The number of aromatic nitrogens is 3. The molecule has 1 saturated carbocycles. The molecule has 0 unspecified atom stereocenters. The Hall–Kier alpha value is -1.68. The Balaban J connectivity index is 1.65. The van der Waals surface area contributed by atoms with E-state index in [1.165, 1.54) is 44.1 Å². The van der Waals surface area contributed by atoms with Crippen molar-refractivity contribution in [3.8, 4) is 11.3 Å². The molecule has 0 spiro atoms. The summed E-state index contributed by atoms with van der Waals surface area (Å²) in [6.45, 7) is 0.880. The molecule has 2 N–H and O–H groups in total. The molecule has 106 valence electrons. The van der Waals surface area contributed by atoms with Crippen LogP contribution in [0.15, 0.2) is 30.7 Å². The lowest BCUT2D eigenvalue weighted by atomic mass is 10.1. The van der Waals surface area contributed by atoms with Gasteiger partial charge in [0.25, 0.3) is 0 Å². The van der Waals surface area contributed by atoms with Gasteiger partial charge < -0.3 is 5.32 Å². The third-order valence-corrected chi connectivity index (χ3v) is 4.10. The zero-order valence-corrected chi connectivity index (χ0v) is 11.8. The highest BCUT2D eigenvalue weighted by molar-refractivity contribution is 5.61. The van der Waals surface area contributed by atoms with Crippen molar-refractivity contribution in [2.75, 3.05) is 0 Å². The van der Waals surface area contributed by atoms with Gasteiger partial charge in [0, 0.05) is 36.1 Å². The standard InChI is InChI=1S/C16H22N4/c1-2-4-8-15(7-3-1)18-11-14-12-19-20-16(14)13-6-5-9-17-10-13/h5-6,9-10,12,15,18H,1-4,7-8,11H2,(H,19,20). The molecule has 20 heavy (non-hydrogen) atoms. The summed E-state index contributed by atoms with van der Waals surface area (Å²) in [4.78, 5) is 4.18. The number of rotatable bonds is 4. The van der Waals surface area contributed by atoms with Crippen LogP contribution >= 0.6 is 0 Å². The van der Waals surface area contributed by atoms with E-state index < -0.39 is 0 Å². The Bertz CT molecular complexity index is 512. The highest BCUT2D eigenvalue weighted by Gasteiger charge is 2.13. The predicted molar refractivity (Wildman–Crippen MR) is 80.1 cm³/mol. The van der Waals surface area contributed by atoms with Crippen LogP contribution in [0.3, 0.4) is 0 Å². The summed E-state index contributed by atoms with van der Waals surface area (Å²) in [5, 5.41) is 11.0. The van der Waals surface area contributed by atoms with Crippen molar-refractivity contribution in [3.63, 3.8) is 0 Å². The van der Waals surface area contributed by atoms with Crippen LogP contribution in [0.2, 0.25) is 0 Å². The molecule has 3 rings (SSSR count). The second kappa shape index (κ2) is 6.66. The van der Waals surface area contributed by atoms with E-state index in [1.807, 2.05) is 18.5 Å². The fourth-order valence-electron chi connectivity index (χ4n) is 2.94. The van der Waals surface area contributed by atoms with Crippen molar-refractivity contribution in [2.45, 2.75) is 51.1 Å². The van der Waals surface area contributed by atoms with E-state index in [0.29, 0.717) is 6.04 Å². The Morgan fingerprint density at radius 1 is 1.15 bits per heavy atom. The average molecular weight is 270 g/mol. The van der Waals surface area contributed by atoms with Crippen LogP contribution in [0.1, 0.15) is 44.1 Å². The molecule has 1 aliphatic carbocycles. The Morgan fingerprint density at radius 2 is 2.00 bits per heavy atom. The lowest BCUT2D eigenvalue weighted by Gasteiger charge is -2.16. The number of nitrogens with zero attached hydrogens (tertiary/aromatic N) is 2. The SMILES string of the molecule is c1cncc(-c2[nH]ncc2CNC2CCCCCC2)c1. The van der Waals surface area contributed by atoms with Crippen LogP contribution in [0.5, 0.6) is 0 Å². The zero-order chi connectivity index (χ0) is 13.6. The van der Waals surface area contributed by atoms with Gasteiger partial charge in [0.1, 0.15) is 0 Å². The molecule has 4 nitrogen and oxygen atoms in total. The third-order valence-electron chi connectivity index (χ3n) is 4.10. The van der Waals surface area contributed by atoms with E-state index in [4.69, 9.17) is 0 Å². The molecule has 0 aromatic carbocycles. The Morgan fingerprint density at radius 3 is 2.75 bits per heavy atom. The van der Waals surface area contributed by atoms with Gasteiger partial charge in [-0.15, -0.1) is 0 Å². The maximum atomic E-state index is 4.19. The van der Waals surface area contributed by atoms with Gasteiger partial charge in [-0.3, -0.25) is 10.1 Å². The third kappa shape index (κ3) is 3.25. The van der Waals surface area contributed by atoms with Crippen molar-refractivity contribution in [1.29, 1.82) is 0 Å². The molecule has 2 aromatic rings. The molecule has 0 aliphatic heterocycles. The largest absolute Gasteiger partial charge is 0.310 e. The van der Waals surface area contributed by atoms with E-state index in [-0.39, 0.29) is 0 Å². The average Bonchev–Trinajstić information content (AvgIpc) is 2.81. The minimum absolute atomic E-state index is 0.661. The number of H-pyrrole nitrogens is 1. The number of aromatic amines is 1. The second-order valence-electron chi connectivity index (χ2n) is 5.58. The summed E-state index contributed by atoms with van der Waals surface area (Å²) in [5.74, 6) is 0. The first-order valence-electron chi connectivity index (χ1n) is 7.59. The van der Waals surface area contributed by atoms with Crippen LogP contribution < -0.4 is 5.32 Å². The molecule has 4 heteroatoms. The first-order valence-corrected chi connectivity index (χ1v) is 7.59. The monoisotopic (exact) mass is 270 g/mol. The van der Waals surface area contributed by atoms with Crippen molar-refractivity contribution in [3.05, 3.63) is 36.3 Å². The molecule has 0 amide bonds. The normalized spacial score (nSPS) is 17.0. The summed E-state index contributed by atoms with van der Waals surface area (Å²) in [6, 6.07) is 4.68. The summed E-state index contributed by atoms with van der Waals surface area (Å²) in [5.41, 5.74) is 3.41. The highest BCUT2D eigenvalue weighted by atomic mass is 15.1. The smallest absolute Gasteiger partial charge is 0.0710 e. The fourth-order valence-corrected chi connectivity index (χ4v) is 2.94. The number of hydrogen-bond donors (Lipinski definition) is 2. The molecule has 1 fully saturated rings. The van der Waals surface area contributed by atoms with Crippen LogP contribution in [-0.4, -0.2) is 21.2 Å². The molecule has 2 heterocycles. The highest BCUT2D eigenvalue weighted by Crippen LogP contribution is 2.21. The van der Waals surface area contributed by atoms with Gasteiger partial charge in [0.05, 0.1) is 11.9 Å². The Kier molecular flexibility index (Phi) is 4.43. The lowest BCUT2D eigenvalue weighted by molar-refractivity contribution is 0.459. The van der Waals surface area contributed by atoms with Crippen LogP contribution in [0, 0.1) is 0 Å². The number of pyridine rings is 1. The van der Waals surface area contributed by atoms with Crippen LogP contribution in [-0.2, 0) is 6.54 Å². The summed E-state index contributed by atoms with van der Waals surface area (Å²) < 4.78 is 0. The van der Waals surface area contributed by atoms with Gasteiger partial charge in [-0.1, -0.05) is 25.7 Å². The quantitative estimate of drug-likeness (QED) is 0.838. The molecule has 2 aromatic heterocycles. The van der Waals surface area contributed by atoms with Gasteiger partial charge in [-0.25, -0.2) is 0 Å². The van der Waals surface area contributed by atoms with E-state index >= 15 is 0 Å². The first-order chi connectivity index (χ1) is 9.93. The molecular weight excluding hydrogens is 248 g/mol. The first kappa shape index (κ1) is 13.3. The molecule has 1 aliphatic rings. The number of nitrogens with one attached hydrogen (secondary N) is 2. The van der Waals surface area contributed by atoms with Gasteiger partial charge >= 0.3 is 0 Å². The fraction of sp³-hybridized carbons (Fsp3) is 0.500. The zero-order valence-electron chi connectivity index (χ0n) is 11.8. The van der Waals surface area contributed by atoms with Gasteiger partial charge in [0.15, 0.2) is 0 Å². The molecular formula is C16H22N4. The van der Waals surface area contributed by atoms with Crippen molar-refractivity contribution in [2.24, 2.45) is 0 Å². The second-order valence-corrected chi connectivity index (χ2v) is 5.58. The predicted octanol–water partition coefficient (Wildman–Crippen LogP) is 3.28. The maximum absolute atomic E-state index is 4.19. The van der Waals surface area contributed by atoms with E-state index in [2.05, 4.69) is 26.6 Å². The molecule has 0 atom stereocenters. The Labute approximate surface area is 120 Å². The van der Waals surface area contributed by atoms with Crippen LogP contribution in [0.25, 0.3) is 11.3 Å². The summed E-state index contributed by atoms with van der Waals surface area (Å²) in [6.07, 6.45) is 13.7. The molecule has 0 saturated heterocycles. The van der Waals surface area contributed by atoms with Crippen molar-refractivity contribution in [1.82, 2.24) is 20.5 Å². The minimum Gasteiger partial charge on any atom is -0.310 e. The minimum atomic E-state index is 0.661. The maximum Gasteiger partial charge on any atom is 0.0710 e. The van der Waals surface area contributed by atoms with Crippen molar-refractivity contribution < 1.29 is 0 Å². The van der Waals surface area contributed by atoms with Crippen LogP contribution in [0.4, 0.5) is 0 Å². The van der Waals surface area contributed by atoms with Gasteiger partial charge in [0.2, 0.25) is 0 Å². The number of hydrogen-bond acceptors (Lipinski definition) is 3. The van der Waals surface area contributed by atoms with E-state index in [0.717, 1.165) is 17.8 Å². The van der Waals surface area contributed by atoms with Gasteiger partial charge in [-0.2, -0.15) is 5.10 Å². The molecule has 0 radical (unpaired) electrons. The van der Waals surface area contributed by atoms with E-state index in [9.17, 15) is 0 Å². The van der Waals surface area contributed by atoms with E-state index in [1.54, 1.807) is 6.20 Å². The molecule has 0 bridgehead atoms. The van der Waals surface area contributed by atoms with Gasteiger partial charge in [-0.05, 0) is 25.0 Å².